The minimum atomic E-state index is -0.451. The highest BCUT2D eigenvalue weighted by Gasteiger charge is 2.20. The molecule has 0 aliphatic carbocycles. The Morgan fingerprint density at radius 2 is 2.31 bits per heavy atom. The van der Waals surface area contributed by atoms with Gasteiger partial charge in [-0.15, -0.1) is 0 Å². The van der Waals surface area contributed by atoms with E-state index >= 15 is 0 Å². The first-order valence-electron chi connectivity index (χ1n) is 5.00. The number of nitrogens with zero attached hydrogens (tertiary/aromatic N) is 3. The van der Waals surface area contributed by atoms with Gasteiger partial charge in [0, 0.05) is 19.7 Å². The summed E-state index contributed by atoms with van der Waals surface area (Å²) in [6.45, 7) is 1.92. The molecule has 2 aromatic heterocycles. The number of aromatic nitrogens is 2. The second-order valence-corrected chi connectivity index (χ2v) is 3.39. The number of fused-ring (bicyclic) bond motifs is 1. The van der Waals surface area contributed by atoms with Crippen LogP contribution in [0.5, 0.6) is 0 Å². The largest absolute Gasteiger partial charge is 0.389 e. The number of anilines is 1. The van der Waals surface area contributed by atoms with E-state index in [1.807, 2.05) is 13.1 Å². The molecule has 0 saturated heterocycles. The van der Waals surface area contributed by atoms with Crippen molar-refractivity contribution in [1.29, 1.82) is 0 Å². The molecule has 0 aliphatic rings. The zero-order valence-electron chi connectivity index (χ0n) is 9.10. The molecule has 2 heterocycles. The van der Waals surface area contributed by atoms with Crippen molar-refractivity contribution in [2.24, 2.45) is 0 Å². The first-order valence-corrected chi connectivity index (χ1v) is 5.00. The van der Waals surface area contributed by atoms with Crippen molar-refractivity contribution in [1.82, 2.24) is 9.38 Å². The second-order valence-electron chi connectivity index (χ2n) is 3.39. The molecule has 0 bridgehead atoms. The van der Waals surface area contributed by atoms with Gasteiger partial charge in [0.1, 0.15) is 5.52 Å². The summed E-state index contributed by atoms with van der Waals surface area (Å²) in [6, 6.07) is 3.50. The summed E-state index contributed by atoms with van der Waals surface area (Å²) < 4.78 is 1.75. The summed E-state index contributed by atoms with van der Waals surface area (Å²) in [5.41, 5.74) is 1.43. The van der Waals surface area contributed by atoms with Crippen LogP contribution >= 0.6 is 0 Å². The minimum Gasteiger partial charge on any atom is -0.387 e. The quantitative estimate of drug-likeness (QED) is 0.632. The maximum absolute atomic E-state index is 10.8. The van der Waals surface area contributed by atoms with Gasteiger partial charge in [0.15, 0.2) is 0 Å². The van der Waals surface area contributed by atoms with E-state index in [1.54, 1.807) is 23.6 Å². The fourth-order valence-corrected chi connectivity index (χ4v) is 1.66. The molecular formula is C10H12N4O2. The summed E-state index contributed by atoms with van der Waals surface area (Å²) in [4.78, 5) is 14.4. The number of hydrogen-bond acceptors (Lipinski definition) is 4. The van der Waals surface area contributed by atoms with E-state index < -0.39 is 4.92 Å². The second kappa shape index (κ2) is 3.80. The Hall–Kier alpha value is -2.11. The predicted molar refractivity (Wildman–Crippen MR) is 60.8 cm³/mol. The molecule has 0 spiro atoms. The lowest BCUT2D eigenvalue weighted by atomic mass is 10.3. The standard InChI is InChI=1S/C10H12N4O2/c1-3-9-12-10(14(15)16)8-5-4-7(11-2)6-13(8)9/h4-6,11H,3H2,1-2H3. The lowest BCUT2D eigenvalue weighted by Gasteiger charge is -2.00. The van der Waals surface area contributed by atoms with E-state index in [2.05, 4.69) is 10.3 Å². The molecule has 0 radical (unpaired) electrons. The van der Waals surface area contributed by atoms with Crippen LogP contribution in [-0.4, -0.2) is 21.4 Å². The molecule has 0 aromatic carbocycles. The molecule has 0 saturated carbocycles. The Morgan fingerprint density at radius 1 is 1.56 bits per heavy atom. The van der Waals surface area contributed by atoms with Crippen molar-refractivity contribution in [3.8, 4) is 0 Å². The fraction of sp³-hybridized carbons (Fsp3) is 0.300. The van der Waals surface area contributed by atoms with Crippen molar-refractivity contribution in [2.45, 2.75) is 13.3 Å². The molecule has 2 rings (SSSR count). The first-order chi connectivity index (χ1) is 7.67. The number of nitro groups is 1. The Labute approximate surface area is 92.1 Å². The zero-order chi connectivity index (χ0) is 11.7. The zero-order valence-corrected chi connectivity index (χ0v) is 9.10. The minimum absolute atomic E-state index is 0.0838. The lowest BCUT2D eigenvalue weighted by molar-refractivity contribution is -0.387. The molecule has 0 unspecified atom stereocenters. The maximum Gasteiger partial charge on any atom is 0.389 e. The van der Waals surface area contributed by atoms with Crippen LogP contribution in [0.2, 0.25) is 0 Å². The Bertz CT molecular complexity index is 547. The number of pyridine rings is 1. The van der Waals surface area contributed by atoms with E-state index in [0.717, 1.165) is 5.69 Å². The van der Waals surface area contributed by atoms with Crippen molar-refractivity contribution in [3.63, 3.8) is 0 Å². The average molecular weight is 220 g/mol. The number of nitrogens with one attached hydrogen (secondary N) is 1. The summed E-state index contributed by atoms with van der Waals surface area (Å²) in [6.07, 6.45) is 2.47. The van der Waals surface area contributed by atoms with Crippen LogP contribution in [-0.2, 0) is 6.42 Å². The number of rotatable bonds is 3. The van der Waals surface area contributed by atoms with Crippen LogP contribution in [0, 0.1) is 10.1 Å². The lowest BCUT2D eigenvalue weighted by Crippen LogP contribution is -1.95. The van der Waals surface area contributed by atoms with Gasteiger partial charge in [-0.3, -0.25) is 4.40 Å². The molecular weight excluding hydrogens is 208 g/mol. The number of imidazole rings is 1. The van der Waals surface area contributed by atoms with Crippen LogP contribution in [0.4, 0.5) is 11.5 Å². The van der Waals surface area contributed by atoms with Crippen molar-refractivity contribution >= 4 is 17.0 Å². The average Bonchev–Trinajstić information content (AvgIpc) is 2.66. The van der Waals surface area contributed by atoms with E-state index in [0.29, 0.717) is 17.8 Å². The summed E-state index contributed by atoms with van der Waals surface area (Å²) in [7, 11) is 1.80. The summed E-state index contributed by atoms with van der Waals surface area (Å²) >= 11 is 0. The van der Waals surface area contributed by atoms with Gasteiger partial charge in [0.05, 0.1) is 5.69 Å². The van der Waals surface area contributed by atoms with Gasteiger partial charge in [-0.05, 0) is 22.0 Å². The van der Waals surface area contributed by atoms with Gasteiger partial charge in [0.2, 0.25) is 5.82 Å². The van der Waals surface area contributed by atoms with Crippen LogP contribution in [0.3, 0.4) is 0 Å². The van der Waals surface area contributed by atoms with E-state index in [9.17, 15) is 10.1 Å². The molecule has 16 heavy (non-hydrogen) atoms. The molecule has 6 nitrogen and oxygen atoms in total. The molecule has 1 N–H and O–H groups in total. The monoisotopic (exact) mass is 220 g/mol. The van der Waals surface area contributed by atoms with Crippen molar-refractivity contribution in [3.05, 3.63) is 34.3 Å². The molecule has 0 atom stereocenters. The van der Waals surface area contributed by atoms with E-state index in [1.165, 1.54) is 0 Å². The fourth-order valence-electron chi connectivity index (χ4n) is 1.66. The summed E-state index contributed by atoms with van der Waals surface area (Å²) in [5.74, 6) is 0.610. The Morgan fingerprint density at radius 3 is 2.88 bits per heavy atom. The normalized spacial score (nSPS) is 10.6. The highest BCUT2D eigenvalue weighted by atomic mass is 16.6. The third-order valence-electron chi connectivity index (χ3n) is 2.47. The van der Waals surface area contributed by atoms with E-state index in [-0.39, 0.29) is 5.82 Å². The first kappa shape index (κ1) is 10.4. The number of aryl methyl sites for hydroxylation is 1. The van der Waals surface area contributed by atoms with E-state index in [4.69, 9.17) is 0 Å². The molecule has 84 valence electrons. The highest BCUT2D eigenvalue weighted by Crippen LogP contribution is 2.22. The molecule has 6 heteroatoms. The van der Waals surface area contributed by atoms with Gasteiger partial charge < -0.3 is 15.4 Å². The van der Waals surface area contributed by atoms with Crippen LogP contribution in [0.1, 0.15) is 12.7 Å². The molecule has 0 fully saturated rings. The third kappa shape index (κ3) is 1.48. The Kier molecular flexibility index (Phi) is 2.47. The van der Waals surface area contributed by atoms with Crippen molar-refractivity contribution < 1.29 is 4.92 Å². The predicted octanol–water partition coefficient (Wildman–Crippen LogP) is 1.85. The SMILES string of the molecule is CCc1nc([N+](=O)[O-])c2ccc(NC)cn12. The molecule has 0 amide bonds. The van der Waals surface area contributed by atoms with Crippen LogP contribution in [0.15, 0.2) is 18.3 Å². The van der Waals surface area contributed by atoms with Crippen LogP contribution < -0.4 is 5.32 Å². The topological polar surface area (TPSA) is 72.5 Å². The number of hydrogen-bond donors (Lipinski definition) is 1. The summed E-state index contributed by atoms with van der Waals surface area (Å²) in [5, 5.41) is 13.8. The van der Waals surface area contributed by atoms with Gasteiger partial charge in [-0.25, -0.2) is 0 Å². The van der Waals surface area contributed by atoms with Gasteiger partial charge in [0.25, 0.3) is 0 Å². The van der Waals surface area contributed by atoms with Crippen LogP contribution in [0.25, 0.3) is 5.52 Å². The highest BCUT2D eigenvalue weighted by molar-refractivity contribution is 5.65. The third-order valence-corrected chi connectivity index (χ3v) is 2.47. The van der Waals surface area contributed by atoms with Gasteiger partial charge in [-0.1, -0.05) is 6.92 Å². The molecule has 2 aromatic rings. The van der Waals surface area contributed by atoms with Gasteiger partial charge in [-0.2, -0.15) is 0 Å². The molecule has 0 aliphatic heterocycles. The Balaban J connectivity index is 2.74. The smallest absolute Gasteiger partial charge is 0.387 e. The van der Waals surface area contributed by atoms with Gasteiger partial charge >= 0.3 is 5.82 Å². The van der Waals surface area contributed by atoms with Crippen molar-refractivity contribution in [2.75, 3.05) is 12.4 Å². The maximum atomic E-state index is 10.8.